The number of aromatic nitrogens is 3. The largest absolute Gasteiger partial charge is 0.366 e. The van der Waals surface area contributed by atoms with E-state index in [2.05, 4.69) is 77.0 Å². The van der Waals surface area contributed by atoms with E-state index in [0.29, 0.717) is 0 Å². The van der Waals surface area contributed by atoms with E-state index >= 15 is 0 Å². The van der Waals surface area contributed by atoms with Gasteiger partial charge in [0.25, 0.3) is 0 Å². The summed E-state index contributed by atoms with van der Waals surface area (Å²) in [6, 6.07) is 12.5. The van der Waals surface area contributed by atoms with Crippen molar-refractivity contribution in [3.63, 3.8) is 0 Å². The predicted octanol–water partition coefficient (Wildman–Crippen LogP) is 5.60. The maximum Gasteiger partial charge on any atom is 0.162 e. The summed E-state index contributed by atoms with van der Waals surface area (Å²) in [6.07, 6.45) is 2.96. The van der Waals surface area contributed by atoms with E-state index in [1.165, 1.54) is 33.5 Å². The molecule has 0 aliphatic carbocycles. The predicted molar refractivity (Wildman–Crippen MR) is 149 cm³/mol. The topological polar surface area (TPSA) is 51.3 Å². The lowest BCUT2D eigenvalue weighted by molar-refractivity contribution is 0.270. The Kier molecular flexibility index (Phi) is 6.10. The van der Waals surface area contributed by atoms with Gasteiger partial charge in [-0.3, -0.25) is 0 Å². The third-order valence-electron chi connectivity index (χ3n) is 7.81. The molecule has 0 spiro atoms. The molecule has 0 amide bonds. The van der Waals surface area contributed by atoms with Crippen LogP contribution in [0.15, 0.2) is 42.6 Å². The van der Waals surface area contributed by atoms with Crippen LogP contribution >= 0.6 is 11.6 Å². The minimum Gasteiger partial charge on any atom is -0.366 e. The first-order valence-corrected chi connectivity index (χ1v) is 13.3. The Labute approximate surface area is 217 Å². The number of rotatable bonds is 4. The molecule has 6 nitrogen and oxygen atoms in total. The van der Waals surface area contributed by atoms with Crippen LogP contribution in [0.3, 0.4) is 0 Å². The summed E-state index contributed by atoms with van der Waals surface area (Å²) in [6.45, 7) is 13.5. The quantitative estimate of drug-likeness (QED) is 0.395. The molecule has 2 aliphatic heterocycles. The molecule has 0 atom stereocenters. The number of aryl methyl sites for hydroxylation is 2. The fourth-order valence-corrected chi connectivity index (χ4v) is 5.89. The fraction of sp³-hybridized carbons (Fsp3) is 0.379. The van der Waals surface area contributed by atoms with Gasteiger partial charge in [0.1, 0.15) is 5.82 Å². The summed E-state index contributed by atoms with van der Waals surface area (Å²) >= 11 is 6.39. The zero-order chi connectivity index (χ0) is 24.8. The van der Waals surface area contributed by atoms with Gasteiger partial charge in [0.2, 0.25) is 0 Å². The van der Waals surface area contributed by atoms with E-state index in [1.54, 1.807) is 0 Å². The molecule has 1 saturated heterocycles. The molecular formula is C29H33ClN6. The van der Waals surface area contributed by atoms with Crippen molar-refractivity contribution in [2.75, 3.05) is 49.1 Å². The van der Waals surface area contributed by atoms with Crippen LogP contribution < -0.4 is 9.80 Å². The monoisotopic (exact) mass is 500 g/mol. The third kappa shape index (κ3) is 4.12. The molecule has 6 rings (SSSR count). The first-order chi connectivity index (χ1) is 17.5. The molecule has 7 heteroatoms. The Bertz CT molecular complexity index is 1420. The molecule has 0 unspecified atom stereocenters. The van der Waals surface area contributed by atoms with E-state index in [0.717, 1.165) is 80.0 Å². The number of H-pyrrole nitrogens is 1. The summed E-state index contributed by atoms with van der Waals surface area (Å²) in [4.78, 5) is 21.3. The Hall–Kier alpha value is -3.09. The number of hydrogen-bond donors (Lipinski definition) is 1. The molecular weight excluding hydrogens is 468 g/mol. The summed E-state index contributed by atoms with van der Waals surface area (Å²) in [5, 5.41) is 1.99. The third-order valence-corrected chi connectivity index (χ3v) is 8.05. The molecule has 0 bridgehead atoms. The average molecular weight is 501 g/mol. The van der Waals surface area contributed by atoms with Gasteiger partial charge < -0.3 is 19.7 Å². The van der Waals surface area contributed by atoms with Crippen molar-refractivity contribution >= 4 is 34.0 Å². The zero-order valence-electron chi connectivity index (χ0n) is 21.3. The Morgan fingerprint density at radius 2 is 1.78 bits per heavy atom. The number of aromatic amines is 1. The molecule has 2 aromatic carbocycles. The van der Waals surface area contributed by atoms with Crippen molar-refractivity contribution in [2.45, 2.75) is 33.7 Å². The van der Waals surface area contributed by atoms with Crippen LogP contribution in [0.4, 0.5) is 11.5 Å². The van der Waals surface area contributed by atoms with E-state index in [1.807, 2.05) is 6.07 Å². The van der Waals surface area contributed by atoms with E-state index < -0.39 is 0 Å². The van der Waals surface area contributed by atoms with Crippen LogP contribution in [-0.2, 0) is 13.0 Å². The first-order valence-electron chi connectivity index (χ1n) is 13.0. The first kappa shape index (κ1) is 23.3. The van der Waals surface area contributed by atoms with Gasteiger partial charge in [-0.05, 0) is 49.7 Å². The molecule has 4 heterocycles. The van der Waals surface area contributed by atoms with Crippen LogP contribution in [-0.4, -0.2) is 59.1 Å². The van der Waals surface area contributed by atoms with Crippen molar-refractivity contribution in [1.29, 1.82) is 0 Å². The van der Waals surface area contributed by atoms with Gasteiger partial charge >= 0.3 is 0 Å². The highest BCUT2D eigenvalue weighted by Gasteiger charge is 2.28. The molecule has 1 fully saturated rings. The van der Waals surface area contributed by atoms with Gasteiger partial charge in [0.15, 0.2) is 5.82 Å². The minimum atomic E-state index is 0.777. The standard InChI is InChI=1S/C29H33ClN6/c1-4-34-12-14-35(15-13-34)29-23-18-36(26-16-21(30)9-8-19(26)2)11-10-24(23)32-28(33-29)22-6-5-7-25-27(22)20(3)17-31-25/h5-9,16-17,31H,4,10-15,18H2,1-3H3. The highest BCUT2D eigenvalue weighted by Crippen LogP contribution is 2.36. The maximum absolute atomic E-state index is 6.39. The highest BCUT2D eigenvalue weighted by molar-refractivity contribution is 6.30. The summed E-state index contributed by atoms with van der Waals surface area (Å²) in [5.74, 6) is 1.93. The molecule has 2 aliphatic rings. The maximum atomic E-state index is 6.39. The van der Waals surface area contributed by atoms with Crippen LogP contribution in [0, 0.1) is 13.8 Å². The van der Waals surface area contributed by atoms with Gasteiger partial charge in [-0.25, -0.2) is 9.97 Å². The van der Waals surface area contributed by atoms with Crippen molar-refractivity contribution in [1.82, 2.24) is 19.9 Å². The lowest BCUT2D eigenvalue weighted by Crippen LogP contribution is -2.47. The second kappa shape index (κ2) is 9.41. The number of halogens is 1. The number of nitrogens with zero attached hydrogens (tertiary/aromatic N) is 5. The number of hydrogen-bond acceptors (Lipinski definition) is 5. The van der Waals surface area contributed by atoms with Gasteiger partial charge in [-0.1, -0.05) is 36.7 Å². The Morgan fingerprint density at radius 1 is 0.944 bits per heavy atom. The summed E-state index contributed by atoms with van der Waals surface area (Å²) in [7, 11) is 0. The van der Waals surface area contributed by atoms with Crippen LogP contribution in [0.1, 0.15) is 29.3 Å². The lowest BCUT2D eigenvalue weighted by Gasteiger charge is -2.38. The van der Waals surface area contributed by atoms with Crippen LogP contribution in [0.2, 0.25) is 5.02 Å². The number of anilines is 2. The van der Waals surface area contributed by atoms with Crippen molar-refractivity contribution in [3.8, 4) is 11.4 Å². The van der Waals surface area contributed by atoms with Gasteiger partial charge in [-0.15, -0.1) is 0 Å². The summed E-state index contributed by atoms with van der Waals surface area (Å²) < 4.78 is 0. The van der Waals surface area contributed by atoms with Gasteiger partial charge in [-0.2, -0.15) is 0 Å². The van der Waals surface area contributed by atoms with Crippen LogP contribution in [0.5, 0.6) is 0 Å². The highest BCUT2D eigenvalue weighted by atomic mass is 35.5. The van der Waals surface area contributed by atoms with Crippen LogP contribution in [0.25, 0.3) is 22.3 Å². The van der Waals surface area contributed by atoms with Gasteiger partial charge in [0, 0.05) is 84.6 Å². The molecule has 2 aromatic heterocycles. The van der Waals surface area contributed by atoms with Crippen molar-refractivity contribution < 1.29 is 0 Å². The average Bonchev–Trinajstić information content (AvgIpc) is 3.30. The lowest BCUT2D eigenvalue weighted by atomic mass is 10.0. The number of likely N-dealkylation sites (N-methyl/N-ethyl adjacent to an activating group) is 1. The number of piperazine rings is 1. The minimum absolute atomic E-state index is 0.777. The van der Waals surface area contributed by atoms with E-state index in [4.69, 9.17) is 21.6 Å². The summed E-state index contributed by atoms with van der Waals surface area (Å²) in [5.41, 5.74) is 8.34. The molecule has 186 valence electrons. The SMILES string of the molecule is CCN1CCN(c2nc(-c3cccc4[nH]cc(C)c34)nc3c2CN(c2cc(Cl)ccc2C)CC3)CC1. The number of benzene rings is 2. The molecule has 1 N–H and O–H groups in total. The van der Waals surface area contributed by atoms with E-state index in [9.17, 15) is 0 Å². The normalized spacial score (nSPS) is 16.6. The zero-order valence-corrected chi connectivity index (χ0v) is 22.1. The second-order valence-corrected chi connectivity index (χ2v) is 10.5. The van der Waals surface area contributed by atoms with Crippen molar-refractivity contribution in [2.24, 2.45) is 0 Å². The Balaban J connectivity index is 1.46. The van der Waals surface area contributed by atoms with Crippen molar-refractivity contribution in [3.05, 3.63) is 70.0 Å². The molecule has 0 saturated carbocycles. The van der Waals surface area contributed by atoms with Gasteiger partial charge in [0.05, 0.1) is 5.69 Å². The molecule has 0 radical (unpaired) electrons. The molecule has 4 aromatic rings. The smallest absolute Gasteiger partial charge is 0.162 e. The Morgan fingerprint density at radius 3 is 2.58 bits per heavy atom. The molecule has 36 heavy (non-hydrogen) atoms. The fourth-order valence-electron chi connectivity index (χ4n) is 5.73. The number of fused-ring (bicyclic) bond motifs is 2. The second-order valence-electron chi connectivity index (χ2n) is 10.0. The van der Waals surface area contributed by atoms with E-state index in [-0.39, 0.29) is 0 Å². The number of nitrogens with one attached hydrogen (secondary N) is 1.